The number of nitrogen functional groups attached to an aromatic ring is 1. The van der Waals surface area contributed by atoms with E-state index in [0.29, 0.717) is 11.9 Å². The Balaban J connectivity index is 2.09. The Morgan fingerprint density at radius 2 is 2.18 bits per heavy atom. The maximum atomic E-state index is 5.86. The summed E-state index contributed by atoms with van der Waals surface area (Å²) in [5.74, 6) is 2.20. The molecule has 17 heavy (non-hydrogen) atoms. The van der Waals surface area contributed by atoms with Crippen LogP contribution in [0.5, 0.6) is 0 Å². The van der Waals surface area contributed by atoms with Gasteiger partial charge in [0.15, 0.2) is 5.82 Å². The van der Waals surface area contributed by atoms with Gasteiger partial charge >= 0.3 is 0 Å². The van der Waals surface area contributed by atoms with Crippen molar-refractivity contribution in [3.63, 3.8) is 0 Å². The van der Waals surface area contributed by atoms with Gasteiger partial charge < -0.3 is 11.1 Å². The lowest BCUT2D eigenvalue weighted by molar-refractivity contribution is 0.253. The summed E-state index contributed by atoms with van der Waals surface area (Å²) >= 11 is 3.17. The van der Waals surface area contributed by atoms with E-state index in [4.69, 9.17) is 5.73 Å². The van der Waals surface area contributed by atoms with Crippen LogP contribution in [0.25, 0.3) is 0 Å². The van der Waals surface area contributed by atoms with Gasteiger partial charge in [-0.3, -0.25) is 0 Å². The standard InChI is InChI=1S/C12H21N3S2/c1-7-5-4-6-9(8(7)2)14-12-10(16-3)11(13)15-17-12/h7-9,14H,4-6H2,1-3H3,(H2,13,15). The molecule has 0 spiro atoms. The molecule has 0 saturated heterocycles. The molecule has 0 aromatic carbocycles. The van der Waals surface area contributed by atoms with Gasteiger partial charge in [-0.25, -0.2) is 0 Å². The number of nitrogens with zero attached hydrogens (tertiary/aromatic N) is 1. The first-order valence-corrected chi connectivity index (χ1v) is 8.19. The highest BCUT2D eigenvalue weighted by Crippen LogP contribution is 2.38. The predicted molar refractivity (Wildman–Crippen MR) is 77.9 cm³/mol. The van der Waals surface area contributed by atoms with Crippen LogP contribution in [0.4, 0.5) is 10.8 Å². The van der Waals surface area contributed by atoms with Gasteiger partial charge in [-0.15, -0.1) is 11.8 Å². The molecule has 3 atom stereocenters. The van der Waals surface area contributed by atoms with E-state index < -0.39 is 0 Å². The van der Waals surface area contributed by atoms with E-state index in [1.54, 1.807) is 11.8 Å². The summed E-state index contributed by atoms with van der Waals surface area (Å²) < 4.78 is 4.23. The Morgan fingerprint density at radius 3 is 2.88 bits per heavy atom. The third-order valence-corrected chi connectivity index (χ3v) is 5.64. The van der Waals surface area contributed by atoms with Crippen LogP contribution >= 0.6 is 23.3 Å². The molecule has 3 N–H and O–H groups in total. The molecule has 1 aromatic heterocycles. The minimum atomic E-state index is 0.574. The smallest absolute Gasteiger partial charge is 0.153 e. The molecular weight excluding hydrogens is 250 g/mol. The van der Waals surface area contributed by atoms with Crippen LogP contribution < -0.4 is 11.1 Å². The number of thioether (sulfide) groups is 1. The van der Waals surface area contributed by atoms with Crippen molar-refractivity contribution in [2.45, 2.75) is 44.0 Å². The third-order valence-electron chi connectivity index (χ3n) is 3.90. The average Bonchev–Trinajstić information content (AvgIpc) is 2.66. The van der Waals surface area contributed by atoms with Crippen LogP contribution in [0.15, 0.2) is 4.90 Å². The van der Waals surface area contributed by atoms with E-state index in [2.05, 4.69) is 29.8 Å². The summed E-state index contributed by atoms with van der Waals surface area (Å²) in [4.78, 5) is 1.11. The van der Waals surface area contributed by atoms with E-state index in [-0.39, 0.29) is 0 Å². The van der Waals surface area contributed by atoms with E-state index >= 15 is 0 Å². The molecule has 0 amide bonds. The summed E-state index contributed by atoms with van der Waals surface area (Å²) in [7, 11) is 0. The van der Waals surface area contributed by atoms with Crippen LogP contribution in [0.3, 0.4) is 0 Å². The van der Waals surface area contributed by atoms with E-state index in [0.717, 1.165) is 21.7 Å². The number of rotatable bonds is 3. The number of nitrogens with one attached hydrogen (secondary N) is 1. The second kappa shape index (κ2) is 5.48. The maximum absolute atomic E-state index is 5.86. The lowest BCUT2D eigenvalue weighted by atomic mass is 9.78. The van der Waals surface area contributed by atoms with Gasteiger partial charge in [0.1, 0.15) is 5.00 Å². The normalized spacial score (nSPS) is 29.2. The molecule has 3 nitrogen and oxygen atoms in total. The quantitative estimate of drug-likeness (QED) is 0.823. The lowest BCUT2D eigenvalue weighted by Gasteiger charge is -2.34. The highest BCUT2D eigenvalue weighted by molar-refractivity contribution is 7.99. The molecule has 0 bridgehead atoms. The largest absolute Gasteiger partial charge is 0.382 e. The fourth-order valence-corrected chi connectivity index (χ4v) is 4.13. The Kier molecular flexibility index (Phi) is 4.20. The van der Waals surface area contributed by atoms with Crippen molar-refractivity contribution in [3.05, 3.63) is 0 Å². The highest BCUT2D eigenvalue weighted by Gasteiger charge is 2.28. The van der Waals surface area contributed by atoms with Crippen molar-refractivity contribution in [2.75, 3.05) is 17.3 Å². The molecular formula is C12H21N3S2. The van der Waals surface area contributed by atoms with Gasteiger partial charge in [0.2, 0.25) is 0 Å². The summed E-state index contributed by atoms with van der Waals surface area (Å²) in [6, 6.07) is 0.574. The maximum Gasteiger partial charge on any atom is 0.153 e. The van der Waals surface area contributed by atoms with Crippen LogP contribution in [0.1, 0.15) is 33.1 Å². The van der Waals surface area contributed by atoms with Crippen molar-refractivity contribution in [2.24, 2.45) is 11.8 Å². The van der Waals surface area contributed by atoms with Gasteiger partial charge in [-0.05, 0) is 36.0 Å². The van der Waals surface area contributed by atoms with Crippen LogP contribution in [-0.2, 0) is 0 Å². The summed E-state index contributed by atoms with van der Waals surface area (Å²) in [6.07, 6.45) is 6.00. The number of nitrogens with two attached hydrogens (primary N) is 1. The van der Waals surface area contributed by atoms with Crippen molar-refractivity contribution in [1.29, 1.82) is 0 Å². The number of hydrogen-bond donors (Lipinski definition) is 2. The molecule has 1 aliphatic carbocycles. The fourth-order valence-electron chi connectivity index (χ4n) is 2.54. The van der Waals surface area contributed by atoms with Crippen molar-refractivity contribution >= 4 is 34.1 Å². The summed E-state index contributed by atoms with van der Waals surface area (Å²) in [6.45, 7) is 4.71. The Morgan fingerprint density at radius 1 is 1.41 bits per heavy atom. The average molecular weight is 271 g/mol. The van der Waals surface area contributed by atoms with Crippen LogP contribution in [-0.4, -0.2) is 16.7 Å². The molecule has 1 aliphatic rings. The van der Waals surface area contributed by atoms with E-state index in [1.165, 1.54) is 30.8 Å². The SMILES string of the molecule is CSc1c(N)nsc1NC1CCCC(C)C1C. The molecule has 0 aliphatic heterocycles. The zero-order chi connectivity index (χ0) is 12.4. The molecule has 3 unspecified atom stereocenters. The molecule has 1 saturated carbocycles. The summed E-state index contributed by atoms with van der Waals surface area (Å²) in [5.41, 5.74) is 5.86. The molecule has 5 heteroatoms. The second-order valence-electron chi connectivity index (χ2n) is 4.95. The summed E-state index contributed by atoms with van der Waals surface area (Å²) in [5, 5.41) is 4.81. The first-order valence-electron chi connectivity index (χ1n) is 6.19. The second-order valence-corrected chi connectivity index (χ2v) is 6.54. The van der Waals surface area contributed by atoms with Gasteiger partial charge in [0, 0.05) is 6.04 Å². The number of anilines is 2. The van der Waals surface area contributed by atoms with Gasteiger partial charge in [-0.1, -0.05) is 26.7 Å². The molecule has 1 aromatic rings. The molecule has 1 fully saturated rings. The van der Waals surface area contributed by atoms with Crippen LogP contribution in [0.2, 0.25) is 0 Å². The third kappa shape index (κ3) is 2.71. The van der Waals surface area contributed by atoms with Gasteiger partial charge in [0.25, 0.3) is 0 Å². The van der Waals surface area contributed by atoms with E-state index in [1.807, 2.05) is 0 Å². The number of hydrogen-bond acceptors (Lipinski definition) is 5. The molecule has 0 radical (unpaired) electrons. The van der Waals surface area contributed by atoms with E-state index in [9.17, 15) is 0 Å². The predicted octanol–water partition coefficient (Wildman–Crippen LogP) is 3.68. The fraction of sp³-hybridized carbons (Fsp3) is 0.750. The van der Waals surface area contributed by atoms with Crippen molar-refractivity contribution in [3.8, 4) is 0 Å². The highest BCUT2D eigenvalue weighted by atomic mass is 32.2. The minimum Gasteiger partial charge on any atom is -0.382 e. The van der Waals surface area contributed by atoms with Gasteiger partial charge in [0.05, 0.1) is 4.90 Å². The lowest BCUT2D eigenvalue weighted by Crippen LogP contribution is -2.34. The Bertz CT molecular complexity index is 378. The van der Waals surface area contributed by atoms with Crippen LogP contribution in [0, 0.1) is 11.8 Å². The Hall–Kier alpha value is -0.420. The molecule has 1 heterocycles. The van der Waals surface area contributed by atoms with Crippen molar-refractivity contribution in [1.82, 2.24) is 4.37 Å². The first-order chi connectivity index (χ1) is 8.13. The zero-order valence-corrected chi connectivity index (χ0v) is 12.3. The topological polar surface area (TPSA) is 50.9 Å². The number of aromatic nitrogens is 1. The Labute approximate surface area is 112 Å². The zero-order valence-electron chi connectivity index (χ0n) is 10.7. The monoisotopic (exact) mass is 271 g/mol. The first kappa shape index (κ1) is 13.0. The molecule has 2 rings (SSSR count). The minimum absolute atomic E-state index is 0.574. The van der Waals surface area contributed by atoms with Gasteiger partial charge in [-0.2, -0.15) is 4.37 Å². The molecule has 96 valence electrons. The van der Waals surface area contributed by atoms with Crippen molar-refractivity contribution < 1.29 is 0 Å².